The van der Waals surface area contributed by atoms with E-state index in [2.05, 4.69) is 21.6 Å². The molecule has 116 valence electrons. The van der Waals surface area contributed by atoms with Crippen molar-refractivity contribution in [2.24, 2.45) is 0 Å². The maximum atomic E-state index is 12.0. The van der Waals surface area contributed by atoms with Crippen LogP contribution in [0.2, 0.25) is 0 Å². The molecule has 1 N–H and O–H groups in total. The van der Waals surface area contributed by atoms with Crippen molar-refractivity contribution in [1.82, 2.24) is 14.5 Å². The topological polar surface area (TPSA) is 99.0 Å². The Kier molecular flexibility index (Phi) is 6.05. The van der Waals surface area contributed by atoms with Crippen molar-refractivity contribution in [1.29, 1.82) is 5.26 Å². The Hall–Kier alpha value is -1.72. The first-order valence-corrected chi connectivity index (χ1v) is 8.43. The molecule has 0 saturated carbocycles. The highest BCUT2D eigenvalue weighted by atomic mass is 32.2. The molecule has 21 heavy (non-hydrogen) atoms. The van der Waals surface area contributed by atoms with Gasteiger partial charge in [0.05, 0.1) is 11.4 Å². The Morgan fingerprint density at radius 1 is 1.24 bits per heavy atom. The molecule has 0 atom stereocenters. The van der Waals surface area contributed by atoms with E-state index in [0.717, 1.165) is 5.56 Å². The second-order valence-electron chi connectivity index (χ2n) is 4.57. The van der Waals surface area contributed by atoms with Crippen LogP contribution in [0.1, 0.15) is 30.7 Å². The number of hydrogen-bond acceptors (Lipinski definition) is 6. The zero-order chi connectivity index (χ0) is 16.0. The lowest BCUT2D eigenvalue weighted by Gasteiger charge is -2.18. The minimum atomic E-state index is -3.29. The van der Waals surface area contributed by atoms with Gasteiger partial charge in [-0.15, -0.1) is 5.10 Å². The predicted molar refractivity (Wildman–Crippen MR) is 81.4 cm³/mol. The van der Waals surface area contributed by atoms with Gasteiger partial charge in [0.1, 0.15) is 11.6 Å². The van der Waals surface area contributed by atoms with Gasteiger partial charge in [-0.3, -0.25) is 0 Å². The van der Waals surface area contributed by atoms with Gasteiger partial charge in [0.25, 0.3) is 0 Å². The van der Waals surface area contributed by atoms with E-state index in [9.17, 15) is 8.42 Å². The third-order valence-corrected chi connectivity index (χ3v) is 5.34. The van der Waals surface area contributed by atoms with E-state index in [0.29, 0.717) is 30.2 Å². The van der Waals surface area contributed by atoms with E-state index in [-0.39, 0.29) is 12.3 Å². The molecule has 7 nitrogen and oxygen atoms in total. The normalized spacial score (nSPS) is 11.4. The van der Waals surface area contributed by atoms with Crippen LogP contribution in [0.4, 0.5) is 5.82 Å². The summed E-state index contributed by atoms with van der Waals surface area (Å²) in [5.41, 5.74) is 1.84. The molecule has 0 aliphatic rings. The highest BCUT2D eigenvalue weighted by Crippen LogP contribution is 2.16. The van der Waals surface area contributed by atoms with Gasteiger partial charge in [-0.05, 0) is 19.4 Å². The monoisotopic (exact) mass is 311 g/mol. The van der Waals surface area contributed by atoms with Crippen molar-refractivity contribution < 1.29 is 8.42 Å². The standard InChI is InChI=1S/C13H21N5O2S/c1-5-18(6-2)21(19,20)8-7-15-13-12(9-14)10(3)11(4)16-17-13/h5-8H2,1-4H3,(H,15,17). The molecule has 1 aromatic rings. The average molecular weight is 311 g/mol. The van der Waals surface area contributed by atoms with Crippen LogP contribution in [0.25, 0.3) is 0 Å². The molecule has 8 heteroatoms. The van der Waals surface area contributed by atoms with Gasteiger partial charge in [0, 0.05) is 19.6 Å². The van der Waals surface area contributed by atoms with Gasteiger partial charge in [0.15, 0.2) is 5.82 Å². The highest BCUT2D eigenvalue weighted by Gasteiger charge is 2.18. The van der Waals surface area contributed by atoms with E-state index in [1.807, 2.05) is 0 Å². The summed E-state index contributed by atoms with van der Waals surface area (Å²) in [6.07, 6.45) is 0. The zero-order valence-corrected chi connectivity index (χ0v) is 13.7. The molecule has 0 aliphatic heterocycles. The summed E-state index contributed by atoms with van der Waals surface area (Å²) in [7, 11) is -3.29. The van der Waals surface area contributed by atoms with Crippen molar-refractivity contribution in [2.75, 3.05) is 30.7 Å². The Labute approximate surface area is 126 Å². The summed E-state index contributed by atoms with van der Waals surface area (Å²) < 4.78 is 25.5. The molecule has 0 spiro atoms. The fraction of sp³-hybridized carbons (Fsp3) is 0.615. The summed E-state index contributed by atoms with van der Waals surface area (Å²) in [6.45, 7) is 8.26. The largest absolute Gasteiger partial charge is 0.366 e. The SMILES string of the molecule is CCN(CC)S(=O)(=O)CCNc1nnc(C)c(C)c1C#N. The summed E-state index contributed by atoms with van der Waals surface area (Å²) in [6, 6.07) is 2.07. The number of nitrogens with zero attached hydrogens (tertiary/aromatic N) is 4. The quantitative estimate of drug-likeness (QED) is 0.808. The molecule has 0 saturated heterocycles. The number of nitriles is 1. The second-order valence-corrected chi connectivity index (χ2v) is 6.66. The molecule has 0 unspecified atom stereocenters. The van der Waals surface area contributed by atoms with Gasteiger partial charge in [-0.2, -0.15) is 10.4 Å². The molecule has 0 aliphatic carbocycles. The van der Waals surface area contributed by atoms with Crippen LogP contribution in [0.3, 0.4) is 0 Å². The number of aromatic nitrogens is 2. The number of sulfonamides is 1. The number of hydrogen-bond donors (Lipinski definition) is 1. The number of aryl methyl sites for hydroxylation is 1. The van der Waals surface area contributed by atoms with Crippen molar-refractivity contribution in [3.05, 3.63) is 16.8 Å². The Balaban J connectivity index is 2.78. The van der Waals surface area contributed by atoms with Crippen LogP contribution in [0, 0.1) is 25.2 Å². The number of rotatable bonds is 7. The molecule has 0 fully saturated rings. The summed E-state index contributed by atoms with van der Waals surface area (Å²) in [4.78, 5) is 0. The second kappa shape index (κ2) is 7.33. The van der Waals surface area contributed by atoms with Gasteiger partial charge < -0.3 is 5.32 Å². The molecule has 0 bridgehead atoms. The van der Waals surface area contributed by atoms with Crippen molar-refractivity contribution in [2.45, 2.75) is 27.7 Å². The summed E-state index contributed by atoms with van der Waals surface area (Å²) >= 11 is 0. The summed E-state index contributed by atoms with van der Waals surface area (Å²) in [5, 5.41) is 19.9. The fourth-order valence-corrected chi connectivity index (χ4v) is 3.32. The molecule has 0 aromatic carbocycles. The number of nitrogens with one attached hydrogen (secondary N) is 1. The fourth-order valence-electron chi connectivity index (χ4n) is 1.91. The predicted octanol–water partition coefficient (Wildman–Crippen LogP) is 1.05. The first-order chi connectivity index (χ1) is 9.87. The lowest BCUT2D eigenvalue weighted by molar-refractivity contribution is 0.446. The Bertz CT molecular complexity index is 633. The van der Waals surface area contributed by atoms with Gasteiger partial charge in [-0.25, -0.2) is 12.7 Å². The lowest BCUT2D eigenvalue weighted by atomic mass is 10.1. The summed E-state index contributed by atoms with van der Waals surface area (Å²) in [5.74, 6) is 0.282. The van der Waals surface area contributed by atoms with Gasteiger partial charge in [0.2, 0.25) is 10.0 Å². The minimum absolute atomic E-state index is 0.0475. The van der Waals surface area contributed by atoms with Crippen LogP contribution < -0.4 is 5.32 Å². The van der Waals surface area contributed by atoms with Gasteiger partial charge >= 0.3 is 0 Å². The first kappa shape index (κ1) is 17.3. The van der Waals surface area contributed by atoms with Crippen molar-refractivity contribution >= 4 is 15.8 Å². The van der Waals surface area contributed by atoms with Crippen LogP contribution >= 0.6 is 0 Å². The highest BCUT2D eigenvalue weighted by molar-refractivity contribution is 7.89. The molecular weight excluding hydrogens is 290 g/mol. The molecule has 1 aromatic heterocycles. The smallest absolute Gasteiger partial charge is 0.215 e. The van der Waals surface area contributed by atoms with Crippen LogP contribution in [0.15, 0.2) is 0 Å². The minimum Gasteiger partial charge on any atom is -0.366 e. The van der Waals surface area contributed by atoms with E-state index in [4.69, 9.17) is 5.26 Å². The third kappa shape index (κ3) is 4.12. The maximum Gasteiger partial charge on any atom is 0.215 e. The van der Waals surface area contributed by atoms with E-state index in [1.165, 1.54) is 4.31 Å². The van der Waals surface area contributed by atoms with Crippen LogP contribution in [-0.2, 0) is 10.0 Å². The maximum absolute atomic E-state index is 12.0. The molecule has 0 radical (unpaired) electrons. The Morgan fingerprint density at radius 3 is 2.38 bits per heavy atom. The van der Waals surface area contributed by atoms with E-state index in [1.54, 1.807) is 27.7 Å². The average Bonchev–Trinajstić information content (AvgIpc) is 2.44. The van der Waals surface area contributed by atoms with E-state index >= 15 is 0 Å². The van der Waals surface area contributed by atoms with Crippen LogP contribution in [0.5, 0.6) is 0 Å². The molecule has 1 rings (SSSR count). The zero-order valence-electron chi connectivity index (χ0n) is 12.8. The van der Waals surface area contributed by atoms with Crippen LogP contribution in [-0.4, -0.2) is 48.3 Å². The first-order valence-electron chi connectivity index (χ1n) is 6.83. The molecular formula is C13H21N5O2S. The number of anilines is 1. The third-order valence-electron chi connectivity index (χ3n) is 3.32. The Morgan fingerprint density at radius 2 is 1.86 bits per heavy atom. The lowest BCUT2D eigenvalue weighted by Crippen LogP contribution is -2.34. The van der Waals surface area contributed by atoms with Crippen molar-refractivity contribution in [3.8, 4) is 6.07 Å². The molecule has 0 amide bonds. The van der Waals surface area contributed by atoms with Gasteiger partial charge in [-0.1, -0.05) is 13.8 Å². The van der Waals surface area contributed by atoms with Crippen molar-refractivity contribution in [3.63, 3.8) is 0 Å². The molecule has 1 heterocycles. The van der Waals surface area contributed by atoms with E-state index < -0.39 is 10.0 Å².